The molecule has 1 N–H and O–H groups in total. The first-order valence-corrected chi connectivity index (χ1v) is 6.99. The van der Waals surface area contributed by atoms with E-state index in [1.165, 1.54) is 16.2 Å². The van der Waals surface area contributed by atoms with Crippen molar-refractivity contribution in [1.29, 1.82) is 0 Å². The Balaban J connectivity index is 2.91. The van der Waals surface area contributed by atoms with E-state index in [0.717, 1.165) is 0 Å². The molecule has 0 saturated carbocycles. The zero-order valence-corrected chi connectivity index (χ0v) is 12.2. The molecule has 0 aliphatic carbocycles. The van der Waals surface area contributed by atoms with Crippen LogP contribution in [0, 0.1) is 5.92 Å². The van der Waals surface area contributed by atoms with Gasteiger partial charge in [-0.3, -0.25) is 0 Å². The first kappa shape index (κ1) is 13.7. The van der Waals surface area contributed by atoms with Gasteiger partial charge in [0.2, 0.25) is 0 Å². The van der Waals surface area contributed by atoms with E-state index in [9.17, 15) is 0 Å². The summed E-state index contributed by atoms with van der Waals surface area (Å²) in [6, 6.07) is 5.08. The highest BCUT2D eigenvalue weighted by Gasteiger charge is 2.21. The van der Waals surface area contributed by atoms with Crippen LogP contribution in [0.1, 0.15) is 56.8 Å². The summed E-state index contributed by atoms with van der Waals surface area (Å²) >= 11 is 1.95. The van der Waals surface area contributed by atoms with Crippen molar-refractivity contribution in [3.63, 3.8) is 0 Å². The van der Waals surface area contributed by atoms with Crippen LogP contribution in [-0.2, 0) is 5.41 Å². The van der Waals surface area contributed by atoms with E-state index in [0.29, 0.717) is 12.0 Å². The summed E-state index contributed by atoms with van der Waals surface area (Å²) in [5.41, 5.74) is 0.274. The first-order chi connectivity index (χ1) is 7.40. The van der Waals surface area contributed by atoms with Crippen LogP contribution in [0.5, 0.6) is 0 Å². The Bertz CT molecular complexity index is 322. The third-order valence-corrected chi connectivity index (χ3v) is 4.79. The van der Waals surface area contributed by atoms with Gasteiger partial charge in [0.15, 0.2) is 0 Å². The smallest absolute Gasteiger partial charge is 0.0438 e. The van der Waals surface area contributed by atoms with E-state index in [1.807, 2.05) is 11.3 Å². The van der Waals surface area contributed by atoms with Gasteiger partial charge in [-0.1, -0.05) is 41.0 Å². The molecule has 1 rings (SSSR count). The molecule has 1 heterocycles. The van der Waals surface area contributed by atoms with Crippen molar-refractivity contribution < 1.29 is 0 Å². The number of thiophene rings is 1. The zero-order valence-electron chi connectivity index (χ0n) is 11.4. The number of rotatable bonds is 4. The Morgan fingerprint density at radius 2 is 1.94 bits per heavy atom. The van der Waals surface area contributed by atoms with E-state index >= 15 is 0 Å². The predicted octanol–water partition coefficient (Wildman–Crippen LogP) is 4.35. The molecule has 16 heavy (non-hydrogen) atoms. The van der Waals surface area contributed by atoms with E-state index in [-0.39, 0.29) is 5.41 Å². The highest BCUT2D eigenvalue weighted by atomic mass is 32.1. The lowest BCUT2D eigenvalue weighted by Crippen LogP contribution is -2.22. The van der Waals surface area contributed by atoms with Crippen molar-refractivity contribution in [3.05, 3.63) is 21.9 Å². The lowest BCUT2D eigenvalue weighted by Gasteiger charge is -2.21. The van der Waals surface area contributed by atoms with Crippen LogP contribution in [0.15, 0.2) is 12.1 Å². The summed E-state index contributed by atoms with van der Waals surface area (Å²) in [7, 11) is 2.06. The van der Waals surface area contributed by atoms with Crippen LogP contribution < -0.4 is 5.32 Å². The average Bonchev–Trinajstić information content (AvgIpc) is 2.67. The molecule has 0 fully saturated rings. The minimum atomic E-state index is 0.274. The van der Waals surface area contributed by atoms with Crippen molar-refractivity contribution in [3.8, 4) is 0 Å². The fraction of sp³-hybridized carbons (Fsp3) is 0.714. The molecule has 0 bridgehead atoms. The molecule has 0 amide bonds. The highest BCUT2D eigenvalue weighted by Crippen LogP contribution is 2.35. The van der Waals surface area contributed by atoms with E-state index < -0.39 is 0 Å². The van der Waals surface area contributed by atoms with Gasteiger partial charge in [0.05, 0.1) is 0 Å². The molecule has 0 aliphatic heterocycles. The number of hydrogen-bond acceptors (Lipinski definition) is 2. The molecular formula is C14H25NS. The van der Waals surface area contributed by atoms with Crippen LogP contribution in [0.2, 0.25) is 0 Å². The van der Waals surface area contributed by atoms with Gasteiger partial charge in [-0.15, -0.1) is 11.3 Å². The van der Waals surface area contributed by atoms with Crippen LogP contribution in [0.4, 0.5) is 0 Å². The molecule has 2 unspecified atom stereocenters. The van der Waals surface area contributed by atoms with Crippen molar-refractivity contribution >= 4 is 11.3 Å². The van der Waals surface area contributed by atoms with Crippen molar-refractivity contribution in [2.45, 2.75) is 52.5 Å². The maximum absolute atomic E-state index is 3.44. The summed E-state index contributed by atoms with van der Waals surface area (Å²) in [5, 5.41) is 3.44. The second-order valence-corrected chi connectivity index (χ2v) is 6.72. The van der Waals surface area contributed by atoms with E-state index in [1.54, 1.807) is 0 Å². The summed E-state index contributed by atoms with van der Waals surface area (Å²) in [4.78, 5) is 2.95. The molecule has 0 aliphatic rings. The Labute approximate surface area is 104 Å². The van der Waals surface area contributed by atoms with Gasteiger partial charge < -0.3 is 5.32 Å². The summed E-state index contributed by atoms with van der Waals surface area (Å²) in [6.07, 6.45) is 1.22. The van der Waals surface area contributed by atoms with Crippen molar-refractivity contribution in [2.24, 2.45) is 5.92 Å². The van der Waals surface area contributed by atoms with Crippen molar-refractivity contribution in [1.82, 2.24) is 5.32 Å². The van der Waals surface area contributed by atoms with Gasteiger partial charge in [-0.05, 0) is 30.5 Å². The molecule has 2 atom stereocenters. The molecule has 0 radical (unpaired) electrons. The third kappa shape index (κ3) is 3.08. The first-order valence-electron chi connectivity index (χ1n) is 6.17. The Hall–Kier alpha value is -0.340. The topological polar surface area (TPSA) is 12.0 Å². The molecule has 1 nitrogen and oxygen atoms in total. The predicted molar refractivity (Wildman–Crippen MR) is 74.3 cm³/mol. The standard InChI is InChI=1S/C14H25NS/c1-7-10(2)13(15-6)11-8-9-12(16-11)14(3,4)5/h8-10,13,15H,7H2,1-6H3. The SMILES string of the molecule is CCC(C)C(NC)c1ccc(C(C)(C)C)s1. The molecule has 0 spiro atoms. The lowest BCUT2D eigenvalue weighted by atomic mass is 9.94. The Morgan fingerprint density at radius 3 is 2.31 bits per heavy atom. The monoisotopic (exact) mass is 239 g/mol. The third-order valence-electron chi connectivity index (χ3n) is 3.20. The lowest BCUT2D eigenvalue weighted by molar-refractivity contribution is 0.406. The molecule has 0 saturated heterocycles. The highest BCUT2D eigenvalue weighted by molar-refractivity contribution is 7.12. The molecular weight excluding hydrogens is 214 g/mol. The zero-order chi connectivity index (χ0) is 12.3. The van der Waals surface area contributed by atoms with Gasteiger partial charge >= 0.3 is 0 Å². The second-order valence-electron chi connectivity index (χ2n) is 5.60. The molecule has 2 heteroatoms. The molecule has 0 aromatic carbocycles. The summed E-state index contributed by atoms with van der Waals surface area (Å²) < 4.78 is 0. The van der Waals surface area contributed by atoms with Gasteiger partial charge in [0.25, 0.3) is 0 Å². The minimum absolute atomic E-state index is 0.274. The van der Waals surface area contributed by atoms with Gasteiger partial charge in [0.1, 0.15) is 0 Å². The summed E-state index contributed by atoms with van der Waals surface area (Å²) in [5.74, 6) is 0.691. The molecule has 1 aromatic rings. The van der Waals surface area contributed by atoms with Crippen LogP contribution in [0.25, 0.3) is 0 Å². The van der Waals surface area contributed by atoms with Crippen LogP contribution >= 0.6 is 11.3 Å². The van der Waals surface area contributed by atoms with Gasteiger partial charge in [0, 0.05) is 15.8 Å². The van der Waals surface area contributed by atoms with E-state index in [2.05, 4.69) is 59.1 Å². The number of hydrogen-bond donors (Lipinski definition) is 1. The largest absolute Gasteiger partial charge is 0.312 e. The molecule has 1 aromatic heterocycles. The van der Waals surface area contributed by atoms with Gasteiger partial charge in [-0.2, -0.15) is 0 Å². The fourth-order valence-corrected chi connectivity index (χ4v) is 3.18. The average molecular weight is 239 g/mol. The fourth-order valence-electron chi connectivity index (χ4n) is 1.87. The number of nitrogens with one attached hydrogen (secondary N) is 1. The van der Waals surface area contributed by atoms with Crippen LogP contribution in [-0.4, -0.2) is 7.05 Å². The second kappa shape index (κ2) is 5.33. The maximum Gasteiger partial charge on any atom is 0.0438 e. The minimum Gasteiger partial charge on any atom is -0.312 e. The van der Waals surface area contributed by atoms with Gasteiger partial charge in [-0.25, -0.2) is 0 Å². The van der Waals surface area contributed by atoms with Crippen molar-refractivity contribution in [2.75, 3.05) is 7.05 Å². The quantitative estimate of drug-likeness (QED) is 0.823. The Morgan fingerprint density at radius 1 is 1.31 bits per heavy atom. The Kier molecular flexibility index (Phi) is 4.57. The normalized spacial score (nSPS) is 16.1. The summed E-state index contributed by atoms with van der Waals surface area (Å²) in [6.45, 7) is 11.4. The molecule has 92 valence electrons. The maximum atomic E-state index is 3.44. The van der Waals surface area contributed by atoms with E-state index in [4.69, 9.17) is 0 Å². The van der Waals surface area contributed by atoms with Crippen LogP contribution in [0.3, 0.4) is 0 Å².